The number of hydrogen-bond acceptors (Lipinski definition) is 7. The molecule has 0 saturated carbocycles. The molecule has 0 N–H and O–H groups in total. The van der Waals surface area contributed by atoms with E-state index in [0.717, 1.165) is 32.1 Å². The van der Waals surface area contributed by atoms with Gasteiger partial charge in [0.15, 0.2) is 5.12 Å². The van der Waals surface area contributed by atoms with Gasteiger partial charge >= 0.3 is 7.82 Å². The maximum atomic E-state index is 12.2. The molecule has 0 aromatic rings. The fraction of sp³-hybridized carbons (Fsp3) is 0.944. The van der Waals surface area contributed by atoms with Crippen molar-refractivity contribution >= 4 is 24.7 Å². The standard InChI is InChI=1S/C18H37O6PS/c1-5-7-9-10-11-13-18(19)26-17(15-23-14-12-8-6-2)16-24-25(20,21-3)22-4/h17H,5-16H2,1-4H3/t17-/m0/s1. The van der Waals surface area contributed by atoms with Crippen LogP contribution in [0.25, 0.3) is 0 Å². The van der Waals surface area contributed by atoms with Crippen LogP contribution in [0.3, 0.4) is 0 Å². The van der Waals surface area contributed by atoms with Gasteiger partial charge in [-0.15, -0.1) is 0 Å². The molecule has 0 radical (unpaired) electrons. The second-order valence-electron chi connectivity index (χ2n) is 6.17. The van der Waals surface area contributed by atoms with E-state index in [1.54, 1.807) is 0 Å². The van der Waals surface area contributed by atoms with Crippen LogP contribution >= 0.6 is 19.6 Å². The van der Waals surface area contributed by atoms with Gasteiger partial charge < -0.3 is 4.74 Å². The topological polar surface area (TPSA) is 71.1 Å². The third-order valence-corrected chi connectivity index (χ3v) is 6.28. The van der Waals surface area contributed by atoms with Gasteiger partial charge in [0, 0.05) is 27.2 Å². The lowest BCUT2D eigenvalue weighted by atomic mass is 10.1. The molecule has 0 aliphatic carbocycles. The third-order valence-electron chi connectivity index (χ3n) is 3.84. The molecule has 1 atom stereocenters. The van der Waals surface area contributed by atoms with Crippen molar-refractivity contribution in [3.63, 3.8) is 0 Å². The van der Waals surface area contributed by atoms with Crippen molar-refractivity contribution in [2.24, 2.45) is 0 Å². The lowest BCUT2D eigenvalue weighted by molar-refractivity contribution is -0.111. The smallest absolute Gasteiger partial charge is 0.380 e. The molecule has 0 bridgehead atoms. The molecular formula is C18H37O6PS. The van der Waals surface area contributed by atoms with Gasteiger partial charge in [0.05, 0.1) is 18.5 Å². The van der Waals surface area contributed by atoms with Crippen LogP contribution in [0.5, 0.6) is 0 Å². The summed E-state index contributed by atoms with van der Waals surface area (Å²) in [5, 5.41) is -0.102. The van der Waals surface area contributed by atoms with Crippen LogP contribution in [0.15, 0.2) is 0 Å². The summed E-state index contributed by atoms with van der Waals surface area (Å²) >= 11 is 1.21. The van der Waals surface area contributed by atoms with Gasteiger partial charge in [0.1, 0.15) is 0 Å². The molecule has 0 fully saturated rings. The Balaban J connectivity index is 4.32. The largest absolute Gasteiger partial charge is 0.474 e. The summed E-state index contributed by atoms with van der Waals surface area (Å²) in [6, 6.07) is 0. The minimum absolute atomic E-state index is 0.0823. The van der Waals surface area contributed by atoms with Crippen LogP contribution in [0, 0.1) is 0 Å². The Kier molecular flexibility index (Phi) is 17.3. The van der Waals surface area contributed by atoms with Crippen LogP contribution in [0.4, 0.5) is 0 Å². The van der Waals surface area contributed by atoms with Gasteiger partial charge in [-0.3, -0.25) is 18.4 Å². The van der Waals surface area contributed by atoms with E-state index in [2.05, 4.69) is 13.8 Å². The number of hydrogen-bond donors (Lipinski definition) is 0. The monoisotopic (exact) mass is 412 g/mol. The van der Waals surface area contributed by atoms with E-state index in [4.69, 9.17) is 18.3 Å². The van der Waals surface area contributed by atoms with Crippen molar-refractivity contribution in [1.82, 2.24) is 0 Å². The predicted molar refractivity (Wildman–Crippen MR) is 108 cm³/mol. The molecule has 0 spiro atoms. The molecule has 0 aromatic carbocycles. The van der Waals surface area contributed by atoms with Gasteiger partial charge in [-0.2, -0.15) is 0 Å². The maximum absolute atomic E-state index is 12.2. The number of unbranched alkanes of at least 4 members (excludes halogenated alkanes) is 6. The highest BCUT2D eigenvalue weighted by Gasteiger charge is 2.26. The first-order valence-corrected chi connectivity index (χ1v) is 12.0. The number of carbonyl (C=O) groups is 1. The first-order chi connectivity index (χ1) is 12.5. The lowest BCUT2D eigenvalue weighted by Crippen LogP contribution is -2.21. The van der Waals surface area contributed by atoms with Crippen LogP contribution < -0.4 is 0 Å². The normalized spacial score (nSPS) is 13.1. The Morgan fingerprint density at radius 1 is 0.923 bits per heavy atom. The summed E-state index contributed by atoms with van der Waals surface area (Å²) in [6.07, 6.45) is 9.36. The number of rotatable bonds is 18. The Morgan fingerprint density at radius 2 is 1.54 bits per heavy atom. The number of ether oxygens (including phenoxy) is 1. The first kappa shape index (κ1) is 26.1. The molecule has 0 aromatic heterocycles. The van der Waals surface area contributed by atoms with Crippen molar-refractivity contribution < 1.29 is 27.7 Å². The molecule has 156 valence electrons. The number of phosphoric ester groups is 1. The van der Waals surface area contributed by atoms with E-state index >= 15 is 0 Å². The molecule has 0 aliphatic heterocycles. The van der Waals surface area contributed by atoms with Crippen molar-refractivity contribution in [1.29, 1.82) is 0 Å². The van der Waals surface area contributed by atoms with Crippen LogP contribution in [0.1, 0.15) is 71.6 Å². The van der Waals surface area contributed by atoms with Crippen LogP contribution in [-0.4, -0.2) is 44.4 Å². The molecule has 6 nitrogen and oxygen atoms in total. The molecule has 0 heterocycles. The fourth-order valence-electron chi connectivity index (χ4n) is 2.26. The molecular weight excluding hydrogens is 375 g/mol. The maximum Gasteiger partial charge on any atom is 0.474 e. The van der Waals surface area contributed by atoms with E-state index in [-0.39, 0.29) is 17.0 Å². The first-order valence-electron chi connectivity index (χ1n) is 9.64. The Bertz CT molecular complexity index is 386. The summed E-state index contributed by atoms with van der Waals surface area (Å²) in [6.45, 7) is 5.42. The molecule has 0 saturated heterocycles. The zero-order chi connectivity index (χ0) is 19.7. The zero-order valence-electron chi connectivity index (χ0n) is 16.9. The van der Waals surface area contributed by atoms with Gasteiger partial charge in [0.2, 0.25) is 0 Å². The summed E-state index contributed by atoms with van der Waals surface area (Å²) in [7, 11) is -0.996. The lowest BCUT2D eigenvalue weighted by Gasteiger charge is -2.19. The number of phosphoric acid groups is 1. The summed E-state index contributed by atoms with van der Waals surface area (Å²) in [5.41, 5.74) is 0. The number of carbonyl (C=O) groups excluding carboxylic acids is 1. The molecule has 26 heavy (non-hydrogen) atoms. The minimum atomic E-state index is -3.54. The van der Waals surface area contributed by atoms with Gasteiger partial charge in [-0.1, -0.05) is 64.1 Å². The van der Waals surface area contributed by atoms with E-state index in [1.165, 1.54) is 45.2 Å². The molecule has 0 aliphatic rings. The third kappa shape index (κ3) is 14.2. The summed E-state index contributed by atoms with van der Waals surface area (Å²) < 4.78 is 32.5. The Hall–Kier alpha value is 0.0900. The van der Waals surface area contributed by atoms with Crippen LogP contribution in [0.2, 0.25) is 0 Å². The summed E-state index contributed by atoms with van der Waals surface area (Å²) in [5.74, 6) is 0. The van der Waals surface area contributed by atoms with Crippen LogP contribution in [-0.2, 0) is 27.7 Å². The predicted octanol–water partition coefficient (Wildman–Crippen LogP) is 5.60. The quantitative estimate of drug-likeness (QED) is 0.214. The molecule has 0 rings (SSSR count). The highest BCUT2D eigenvalue weighted by atomic mass is 32.2. The SMILES string of the molecule is CCCCCCCC(=O)S[C@@H](COCCCCC)COP(=O)(OC)OC. The average molecular weight is 413 g/mol. The van der Waals surface area contributed by atoms with E-state index in [9.17, 15) is 9.36 Å². The highest BCUT2D eigenvalue weighted by molar-refractivity contribution is 8.14. The molecule has 8 heteroatoms. The van der Waals surface area contributed by atoms with E-state index < -0.39 is 7.82 Å². The Morgan fingerprint density at radius 3 is 2.15 bits per heavy atom. The van der Waals surface area contributed by atoms with Gasteiger partial charge in [0.25, 0.3) is 0 Å². The van der Waals surface area contributed by atoms with Gasteiger partial charge in [-0.05, 0) is 12.8 Å². The van der Waals surface area contributed by atoms with Crippen molar-refractivity contribution in [2.75, 3.05) is 34.0 Å². The average Bonchev–Trinajstić information content (AvgIpc) is 2.65. The van der Waals surface area contributed by atoms with Crippen molar-refractivity contribution in [3.05, 3.63) is 0 Å². The summed E-state index contributed by atoms with van der Waals surface area (Å²) in [4.78, 5) is 12.2. The second-order valence-corrected chi connectivity index (χ2v) is 9.41. The van der Waals surface area contributed by atoms with E-state index in [0.29, 0.717) is 19.6 Å². The van der Waals surface area contributed by atoms with Crippen molar-refractivity contribution in [2.45, 2.75) is 76.9 Å². The number of thioether (sulfide) groups is 1. The molecule has 0 unspecified atom stereocenters. The highest BCUT2D eigenvalue weighted by Crippen LogP contribution is 2.47. The van der Waals surface area contributed by atoms with E-state index in [1.807, 2.05) is 0 Å². The minimum Gasteiger partial charge on any atom is -0.380 e. The fourth-order valence-corrected chi connectivity index (χ4v) is 4.01. The zero-order valence-corrected chi connectivity index (χ0v) is 18.6. The second kappa shape index (κ2) is 17.2. The van der Waals surface area contributed by atoms with Crippen molar-refractivity contribution in [3.8, 4) is 0 Å². The molecule has 0 amide bonds. The van der Waals surface area contributed by atoms with Gasteiger partial charge in [-0.25, -0.2) is 4.57 Å². The Labute approximate surface area is 163 Å².